The third kappa shape index (κ3) is 6.85. The van der Waals surface area contributed by atoms with Crippen molar-refractivity contribution in [1.82, 2.24) is 9.88 Å². The van der Waals surface area contributed by atoms with Gasteiger partial charge in [-0.2, -0.15) is 0 Å². The maximum atomic E-state index is 13.9. The van der Waals surface area contributed by atoms with Crippen LogP contribution in [0, 0.1) is 21.3 Å². The molecule has 0 aliphatic carbocycles. The van der Waals surface area contributed by atoms with E-state index in [9.17, 15) is 14.5 Å². The second-order valence-electron chi connectivity index (χ2n) is 5.78. The lowest BCUT2D eigenvalue weighted by Crippen LogP contribution is -2.15. The van der Waals surface area contributed by atoms with Crippen molar-refractivity contribution in [3.05, 3.63) is 57.3 Å². The number of ether oxygens (including phenoxy) is 1. The van der Waals surface area contributed by atoms with Gasteiger partial charge in [0.05, 0.1) is 21.2 Å². The van der Waals surface area contributed by atoms with Crippen molar-refractivity contribution in [2.24, 2.45) is 0 Å². The highest BCUT2D eigenvalue weighted by Gasteiger charge is 2.14. The molecule has 0 bridgehead atoms. The van der Waals surface area contributed by atoms with Gasteiger partial charge in [-0.05, 0) is 32.3 Å². The predicted octanol–water partition coefficient (Wildman–Crippen LogP) is 6.12. The van der Waals surface area contributed by atoms with Crippen LogP contribution in [0.3, 0.4) is 0 Å². The van der Waals surface area contributed by atoms with Gasteiger partial charge in [-0.1, -0.05) is 27.7 Å². The SMILES string of the molecule is CC.CCN(C)CC.N=Cc1cc2nccc(Oc3ccc([N+](=O)[O-])cc3F)c2s1. The Hall–Kier alpha value is -2.91. The fourth-order valence-corrected chi connectivity index (χ4v) is 3.00. The lowest BCUT2D eigenvalue weighted by atomic mass is 10.3. The van der Waals surface area contributed by atoms with E-state index < -0.39 is 10.7 Å². The Morgan fingerprint density at radius 2 is 1.90 bits per heavy atom. The van der Waals surface area contributed by atoms with Crippen LogP contribution in [0.5, 0.6) is 11.5 Å². The molecular formula is C21H27FN4O3S. The molecule has 3 aromatic rings. The number of hydrogen-bond donors (Lipinski definition) is 1. The van der Waals surface area contributed by atoms with E-state index in [0.717, 1.165) is 19.2 Å². The summed E-state index contributed by atoms with van der Waals surface area (Å²) in [7, 11) is 2.11. The van der Waals surface area contributed by atoms with Crippen molar-refractivity contribution in [3.63, 3.8) is 0 Å². The number of nitro benzene ring substituents is 1. The number of nitrogens with one attached hydrogen (secondary N) is 1. The van der Waals surface area contributed by atoms with Crippen LogP contribution in [0.25, 0.3) is 10.2 Å². The fraction of sp³-hybridized carbons (Fsp3) is 0.333. The minimum atomic E-state index is -0.817. The molecule has 0 fully saturated rings. The molecule has 0 saturated heterocycles. The molecule has 162 valence electrons. The minimum absolute atomic E-state index is 0.108. The summed E-state index contributed by atoms with van der Waals surface area (Å²) in [5.74, 6) is -0.540. The highest BCUT2D eigenvalue weighted by atomic mass is 32.1. The highest BCUT2D eigenvalue weighted by Crippen LogP contribution is 2.35. The molecule has 0 unspecified atom stereocenters. The number of hydrogen-bond acceptors (Lipinski definition) is 7. The summed E-state index contributed by atoms with van der Waals surface area (Å²) >= 11 is 1.30. The molecule has 2 heterocycles. The molecular weight excluding hydrogens is 407 g/mol. The summed E-state index contributed by atoms with van der Waals surface area (Å²) in [6.07, 6.45) is 2.71. The number of fused-ring (bicyclic) bond motifs is 1. The van der Waals surface area contributed by atoms with E-state index in [0.29, 0.717) is 20.8 Å². The summed E-state index contributed by atoms with van der Waals surface area (Å²) in [5, 5.41) is 17.9. The molecule has 0 saturated carbocycles. The summed E-state index contributed by atoms with van der Waals surface area (Å²) in [4.78, 5) is 17.0. The Balaban J connectivity index is 0.000000487. The lowest BCUT2D eigenvalue weighted by molar-refractivity contribution is -0.385. The van der Waals surface area contributed by atoms with Crippen LogP contribution in [0.15, 0.2) is 36.5 Å². The van der Waals surface area contributed by atoms with Gasteiger partial charge in [-0.25, -0.2) is 4.39 Å². The number of rotatable bonds is 6. The third-order valence-corrected chi connectivity index (χ3v) is 5.05. The van der Waals surface area contributed by atoms with E-state index in [-0.39, 0.29) is 11.4 Å². The maximum Gasteiger partial charge on any atom is 0.272 e. The first kappa shape index (κ1) is 25.1. The Labute approximate surface area is 179 Å². The number of halogens is 1. The Morgan fingerprint density at radius 1 is 1.23 bits per heavy atom. The Bertz CT molecular complexity index is 974. The molecule has 3 rings (SSSR count). The van der Waals surface area contributed by atoms with E-state index in [1.54, 1.807) is 12.1 Å². The summed E-state index contributed by atoms with van der Waals surface area (Å²) < 4.78 is 20.1. The average molecular weight is 435 g/mol. The molecule has 7 nitrogen and oxygen atoms in total. The van der Waals surface area contributed by atoms with Crippen molar-refractivity contribution in [3.8, 4) is 11.5 Å². The van der Waals surface area contributed by atoms with Crippen molar-refractivity contribution >= 4 is 33.5 Å². The van der Waals surface area contributed by atoms with E-state index >= 15 is 0 Å². The zero-order valence-electron chi connectivity index (χ0n) is 17.8. The van der Waals surface area contributed by atoms with E-state index in [1.165, 1.54) is 35.9 Å². The van der Waals surface area contributed by atoms with Gasteiger partial charge in [0.1, 0.15) is 5.75 Å². The Kier molecular flexibility index (Phi) is 10.6. The maximum absolute atomic E-state index is 13.9. The first-order valence-corrected chi connectivity index (χ1v) is 10.4. The molecule has 30 heavy (non-hydrogen) atoms. The molecule has 2 aromatic heterocycles. The Morgan fingerprint density at radius 3 is 2.40 bits per heavy atom. The van der Waals surface area contributed by atoms with Crippen LogP contribution in [0.2, 0.25) is 0 Å². The summed E-state index contributed by atoms with van der Waals surface area (Å²) in [6, 6.07) is 6.50. The number of non-ortho nitro benzene ring substituents is 1. The fourth-order valence-electron chi connectivity index (χ4n) is 2.11. The molecule has 1 N–H and O–H groups in total. The van der Waals surface area contributed by atoms with Crippen LogP contribution >= 0.6 is 11.3 Å². The second kappa shape index (κ2) is 12.6. The number of thiophene rings is 1. The predicted molar refractivity (Wildman–Crippen MR) is 121 cm³/mol. The smallest absolute Gasteiger partial charge is 0.272 e. The lowest BCUT2D eigenvalue weighted by Gasteiger charge is -2.07. The number of benzene rings is 1. The molecule has 0 amide bonds. The third-order valence-electron chi connectivity index (χ3n) is 3.96. The van der Waals surface area contributed by atoms with E-state index in [2.05, 4.69) is 30.8 Å². The van der Waals surface area contributed by atoms with Gasteiger partial charge in [-0.15, -0.1) is 11.3 Å². The molecule has 0 spiro atoms. The van der Waals surface area contributed by atoms with Gasteiger partial charge in [0, 0.05) is 29.4 Å². The van der Waals surface area contributed by atoms with Crippen LogP contribution in [-0.2, 0) is 0 Å². The molecule has 0 radical (unpaired) electrons. The quantitative estimate of drug-likeness (QED) is 0.287. The van der Waals surface area contributed by atoms with E-state index in [1.807, 2.05) is 13.8 Å². The standard InChI is InChI=1S/C14H8FN3O3S.C5H13N.C2H6/c15-10-5-8(18(19)20)1-2-12(10)21-13-3-4-17-11-6-9(7-16)22-14(11)13;1-4-6(3)5-2;1-2/h1-7,16H;4-5H2,1-3H3;1-2H3. The zero-order valence-corrected chi connectivity index (χ0v) is 18.6. The van der Waals surface area contributed by atoms with Crippen molar-refractivity contribution in [1.29, 1.82) is 5.41 Å². The number of aromatic nitrogens is 1. The van der Waals surface area contributed by atoms with E-state index in [4.69, 9.17) is 10.1 Å². The summed E-state index contributed by atoms with van der Waals surface area (Å²) in [6.45, 7) is 10.6. The van der Waals surface area contributed by atoms with Crippen LogP contribution in [0.1, 0.15) is 32.6 Å². The number of nitrogens with zero attached hydrogens (tertiary/aromatic N) is 3. The summed E-state index contributed by atoms with van der Waals surface area (Å²) in [5.41, 5.74) is 0.301. The van der Waals surface area contributed by atoms with Crippen LogP contribution < -0.4 is 4.74 Å². The first-order valence-electron chi connectivity index (χ1n) is 9.58. The van der Waals surface area contributed by atoms with Crippen molar-refractivity contribution < 1.29 is 14.1 Å². The van der Waals surface area contributed by atoms with Crippen molar-refractivity contribution in [2.45, 2.75) is 27.7 Å². The second-order valence-corrected chi connectivity index (χ2v) is 6.86. The van der Waals surface area contributed by atoms with Crippen LogP contribution in [0.4, 0.5) is 10.1 Å². The largest absolute Gasteiger partial charge is 0.453 e. The number of nitro groups is 1. The van der Waals surface area contributed by atoms with Gasteiger partial charge in [0.2, 0.25) is 0 Å². The topological polar surface area (TPSA) is 92.4 Å². The normalized spacial score (nSPS) is 9.97. The molecule has 0 aliphatic heterocycles. The van der Waals surface area contributed by atoms with Gasteiger partial charge in [0.25, 0.3) is 5.69 Å². The minimum Gasteiger partial charge on any atom is -0.453 e. The monoisotopic (exact) mass is 434 g/mol. The van der Waals surface area contributed by atoms with Crippen molar-refractivity contribution in [2.75, 3.05) is 20.1 Å². The highest BCUT2D eigenvalue weighted by molar-refractivity contribution is 7.20. The van der Waals surface area contributed by atoms with Gasteiger partial charge >= 0.3 is 0 Å². The average Bonchev–Trinajstić information content (AvgIpc) is 3.20. The zero-order chi connectivity index (χ0) is 22.7. The molecule has 0 atom stereocenters. The van der Waals surface area contributed by atoms with Gasteiger partial charge in [-0.3, -0.25) is 15.1 Å². The first-order chi connectivity index (χ1) is 14.4. The molecule has 1 aromatic carbocycles. The van der Waals surface area contributed by atoms with Gasteiger partial charge < -0.3 is 15.0 Å². The molecule has 9 heteroatoms. The molecule has 0 aliphatic rings. The number of pyridine rings is 1. The van der Waals surface area contributed by atoms with Gasteiger partial charge in [0.15, 0.2) is 11.6 Å². The van der Waals surface area contributed by atoms with Crippen LogP contribution in [-0.4, -0.2) is 41.2 Å².